The van der Waals surface area contributed by atoms with E-state index in [1.54, 1.807) is 12.1 Å². The fourth-order valence-electron chi connectivity index (χ4n) is 1.66. The number of hydrogen-bond donors (Lipinski definition) is 1. The molecule has 2 aromatic rings. The van der Waals surface area contributed by atoms with E-state index in [-0.39, 0.29) is 17.4 Å². The SMILES string of the molecule is NC(=S)c1ccc(F)c(COc2c(I)cc(I)cc2I)c1. The van der Waals surface area contributed by atoms with Crippen molar-refractivity contribution in [3.63, 3.8) is 0 Å². The molecule has 0 aliphatic carbocycles. The Morgan fingerprint density at radius 1 is 1.14 bits per heavy atom. The third-order valence-corrected chi connectivity index (χ3v) is 5.13. The first kappa shape index (κ1) is 17.6. The van der Waals surface area contributed by atoms with Gasteiger partial charge in [-0.05, 0) is 98.1 Å². The molecule has 0 aliphatic heterocycles. The summed E-state index contributed by atoms with van der Waals surface area (Å²) in [5.74, 6) is 0.433. The van der Waals surface area contributed by atoms with Crippen LogP contribution in [-0.2, 0) is 6.61 Å². The van der Waals surface area contributed by atoms with Crippen LogP contribution >= 0.6 is 80.0 Å². The molecule has 0 heterocycles. The predicted octanol–water partition coefficient (Wildman–Crippen LogP) is 4.85. The van der Waals surface area contributed by atoms with Crippen LogP contribution in [0.25, 0.3) is 0 Å². The molecule has 0 aromatic heterocycles. The molecule has 7 heteroatoms. The van der Waals surface area contributed by atoms with Crippen LogP contribution in [0.1, 0.15) is 11.1 Å². The molecule has 0 radical (unpaired) electrons. The van der Waals surface area contributed by atoms with Crippen molar-refractivity contribution in [2.24, 2.45) is 5.73 Å². The third kappa shape index (κ3) is 4.61. The molecule has 0 amide bonds. The van der Waals surface area contributed by atoms with E-state index in [4.69, 9.17) is 22.7 Å². The average Bonchev–Trinajstić information content (AvgIpc) is 2.39. The molecule has 0 atom stereocenters. The fraction of sp³-hybridized carbons (Fsp3) is 0.0714. The first-order chi connectivity index (χ1) is 9.88. The zero-order chi connectivity index (χ0) is 15.6. The van der Waals surface area contributed by atoms with E-state index in [1.165, 1.54) is 6.07 Å². The second kappa shape index (κ2) is 7.68. The van der Waals surface area contributed by atoms with Crippen LogP contribution in [0.3, 0.4) is 0 Å². The molecule has 0 saturated carbocycles. The van der Waals surface area contributed by atoms with E-state index < -0.39 is 0 Å². The smallest absolute Gasteiger partial charge is 0.146 e. The molecular formula is C14H9FI3NOS. The topological polar surface area (TPSA) is 35.2 Å². The van der Waals surface area contributed by atoms with Gasteiger partial charge in [-0.2, -0.15) is 0 Å². The number of ether oxygens (including phenoxy) is 1. The lowest BCUT2D eigenvalue weighted by atomic mass is 10.1. The second-order valence-corrected chi connectivity index (χ2v) is 8.17. The maximum Gasteiger partial charge on any atom is 0.146 e. The number of hydrogen-bond acceptors (Lipinski definition) is 2. The van der Waals surface area contributed by atoms with Crippen LogP contribution in [0.5, 0.6) is 5.75 Å². The summed E-state index contributed by atoms with van der Waals surface area (Å²) < 4.78 is 22.7. The van der Waals surface area contributed by atoms with E-state index in [2.05, 4.69) is 67.8 Å². The highest BCUT2D eigenvalue weighted by Crippen LogP contribution is 2.30. The number of benzene rings is 2. The van der Waals surface area contributed by atoms with Gasteiger partial charge >= 0.3 is 0 Å². The standard InChI is InChI=1S/C14H9FI3NOS/c15-10-2-1-7(14(19)21)3-8(10)6-20-13-11(17)4-9(16)5-12(13)18/h1-5H,6H2,(H2,19,21). The quantitative estimate of drug-likeness (QED) is 0.384. The Morgan fingerprint density at radius 2 is 1.76 bits per heavy atom. The zero-order valence-corrected chi connectivity index (χ0v) is 17.8. The lowest BCUT2D eigenvalue weighted by Gasteiger charge is -2.12. The molecule has 2 rings (SSSR count). The summed E-state index contributed by atoms with van der Waals surface area (Å²) in [4.78, 5) is 0.245. The van der Waals surface area contributed by atoms with Gasteiger partial charge in [0.15, 0.2) is 0 Å². The van der Waals surface area contributed by atoms with Crippen LogP contribution in [0.2, 0.25) is 0 Å². The van der Waals surface area contributed by atoms with Gasteiger partial charge in [0.2, 0.25) is 0 Å². The predicted molar refractivity (Wildman–Crippen MR) is 111 cm³/mol. The van der Waals surface area contributed by atoms with Crippen LogP contribution in [0.15, 0.2) is 30.3 Å². The summed E-state index contributed by atoms with van der Waals surface area (Å²) in [6.07, 6.45) is 0. The van der Waals surface area contributed by atoms with Crippen molar-refractivity contribution in [3.8, 4) is 5.75 Å². The third-order valence-electron chi connectivity index (χ3n) is 2.67. The minimum absolute atomic E-state index is 0.134. The molecule has 0 saturated heterocycles. The van der Waals surface area contributed by atoms with Crippen LogP contribution in [-0.4, -0.2) is 4.99 Å². The van der Waals surface area contributed by atoms with Gasteiger partial charge in [-0.15, -0.1) is 0 Å². The Morgan fingerprint density at radius 3 is 2.33 bits per heavy atom. The Hall–Kier alpha value is 0.250. The lowest BCUT2D eigenvalue weighted by Crippen LogP contribution is -2.11. The molecule has 0 fully saturated rings. The first-order valence-electron chi connectivity index (χ1n) is 5.74. The van der Waals surface area contributed by atoms with Gasteiger partial charge in [-0.1, -0.05) is 12.2 Å². The van der Waals surface area contributed by atoms with Crippen LogP contribution < -0.4 is 10.5 Å². The molecular weight excluding hydrogens is 630 g/mol. The van der Waals surface area contributed by atoms with Gasteiger partial charge in [-0.25, -0.2) is 4.39 Å². The van der Waals surface area contributed by atoms with Crippen molar-refractivity contribution in [2.75, 3.05) is 0 Å². The maximum atomic E-state index is 13.8. The number of rotatable bonds is 4. The largest absolute Gasteiger partial charge is 0.487 e. The summed E-state index contributed by atoms with van der Waals surface area (Å²) in [7, 11) is 0. The monoisotopic (exact) mass is 639 g/mol. The van der Waals surface area contributed by atoms with E-state index >= 15 is 0 Å². The van der Waals surface area contributed by atoms with Gasteiger partial charge in [0.25, 0.3) is 0 Å². The molecule has 2 N–H and O–H groups in total. The Kier molecular flexibility index (Phi) is 6.44. The van der Waals surface area contributed by atoms with E-state index in [1.807, 2.05) is 12.1 Å². The number of thiocarbonyl (C=S) groups is 1. The highest BCUT2D eigenvalue weighted by atomic mass is 127. The summed E-state index contributed by atoms with van der Waals surface area (Å²) in [5, 5.41) is 0. The lowest BCUT2D eigenvalue weighted by molar-refractivity contribution is 0.295. The van der Waals surface area contributed by atoms with Crippen molar-refractivity contribution < 1.29 is 9.13 Å². The minimum atomic E-state index is -0.328. The van der Waals surface area contributed by atoms with Gasteiger partial charge in [-0.3, -0.25) is 0 Å². The molecule has 2 aromatic carbocycles. The molecule has 0 spiro atoms. The Bertz CT molecular complexity index is 686. The number of nitrogens with two attached hydrogens (primary N) is 1. The van der Waals surface area contributed by atoms with Crippen molar-refractivity contribution in [2.45, 2.75) is 6.61 Å². The molecule has 2 nitrogen and oxygen atoms in total. The average molecular weight is 639 g/mol. The fourth-order valence-corrected chi connectivity index (χ4v) is 5.68. The molecule has 0 bridgehead atoms. The van der Waals surface area contributed by atoms with Crippen molar-refractivity contribution in [1.82, 2.24) is 0 Å². The van der Waals surface area contributed by atoms with Gasteiger partial charge < -0.3 is 10.5 Å². The summed E-state index contributed by atoms with van der Waals surface area (Å²) >= 11 is 11.6. The highest BCUT2D eigenvalue weighted by molar-refractivity contribution is 14.1. The van der Waals surface area contributed by atoms with Gasteiger partial charge in [0, 0.05) is 14.7 Å². The molecule has 21 heavy (non-hydrogen) atoms. The van der Waals surface area contributed by atoms with Crippen molar-refractivity contribution in [1.29, 1.82) is 0 Å². The molecule has 110 valence electrons. The molecule has 0 aliphatic rings. The van der Waals surface area contributed by atoms with Crippen molar-refractivity contribution in [3.05, 3.63) is 58.0 Å². The highest BCUT2D eigenvalue weighted by Gasteiger charge is 2.11. The van der Waals surface area contributed by atoms with E-state index in [9.17, 15) is 4.39 Å². The van der Waals surface area contributed by atoms with Crippen LogP contribution in [0.4, 0.5) is 4.39 Å². The van der Waals surface area contributed by atoms with Crippen LogP contribution in [0, 0.1) is 16.5 Å². The van der Waals surface area contributed by atoms with E-state index in [0.29, 0.717) is 11.1 Å². The normalized spacial score (nSPS) is 10.5. The first-order valence-corrected chi connectivity index (χ1v) is 9.38. The second-order valence-electron chi connectivity index (χ2n) is 4.16. The summed E-state index contributed by atoms with van der Waals surface area (Å²) in [6, 6.07) is 8.58. The van der Waals surface area contributed by atoms with Gasteiger partial charge in [0.05, 0.1) is 7.14 Å². The number of halogens is 4. The minimum Gasteiger partial charge on any atom is -0.487 e. The Labute approximate surface area is 168 Å². The maximum absolute atomic E-state index is 13.8. The van der Waals surface area contributed by atoms with E-state index in [0.717, 1.165) is 16.5 Å². The molecule has 0 unspecified atom stereocenters. The van der Waals surface area contributed by atoms with Crippen molar-refractivity contribution >= 4 is 85.0 Å². The zero-order valence-electron chi connectivity index (χ0n) is 10.5. The Balaban J connectivity index is 2.24. The van der Waals surface area contributed by atoms with Gasteiger partial charge in [0.1, 0.15) is 23.2 Å². The summed E-state index contributed by atoms with van der Waals surface area (Å²) in [6.45, 7) is 0.134. The summed E-state index contributed by atoms with van der Waals surface area (Å²) in [5.41, 5.74) is 6.64.